The van der Waals surface area contributed by atoms with Gasteiger partial charge in [0.1, 0.15) is 5.60 Å². The fraction of sp³-hybridized carbons (Fsp3) is 0.696. The molecule has 188 valence electrons. The average Bonchev–Trinajstić information content (AvgIpc) is 2.63. The zero-order valence-corrected chi connectivity index (χ0v) is 22.3. The highest BCUT2D eigenvalue weighted by Gasteiger charge is 2.42. The SMILES string of the molecule is CC(C)(C)OC(=O)N1CCN(c2ccc(Cl)cc2C(F)(F)F)CC1CCC(C)(C)[Si](C)(C)O. The van der Waals surface area contributed by atoms with Gasteiger partial charge in [-0.2, -0.15) is 13.2 Å². The summed E-state index contributed by atoms with van der Waals surface area (Å²) in [5.41, 5.74) is -1.42. The van der Waals surface area contributed by atoms with E-state index in [1.807, 2.05) is 26.9 Å². The molecule has 0 radical (unpaired) electrons. The van der Waals surface area contributed by atoms with Crippen molar-refractivity contribution in [3.8, 4) is 0 Å². The zero-order valence-electron chi connectivity index (χ0n) is 20.5. The first kappa shape index (κ1) is 27.8. The van der Waals surface area contributed by atoms with Crippen molar-refractivity contribution in [2.45, 2.75) is 83.4 Å². The van der Waals surface area contributed by atoms with Crippen LogP contribution in [-0.2, 0) is 10.9 Å². The van der Waals surface area contributed by atoms with E-state index in [-0.39, 0.29) is 41.4 Å². The Balaban J connectivity index is 2.34. The highest BCUT2D eigenvalue weighted by molar-refractivity contribution is 6.72. The third-order valence-corrected chi connectivity index (χ3v) is 10.3. The monoisotopic (exact) mass is 508 g/mol. The first-order valence-electron chi connectivity index (χ1n) is 11.2. The van der Waals surface area contributed by atoms with E-state index < -0.39 is 31.8 Å². The Morgan fingerprint density at radius 1 is 1.18 bits per heavy atom. The van der Waals surface area contributed by atoms with Gasteiger partial charge in [0.2, 0.25) is 0 Å². The Bertz CT molecular complexity index is 851. The summed E-state index contributed by atoms with van der Waals surface area (Å²) in [6.45, 7) is 13.8. The van der Waals surface area contributed by atoms with E-state index in [9.17, 15) is 22.8 Å². The van der Waals surface area contributed by atoms with Crippen LogP contribution in [0.5, 0.6) is 0 Å². The Kier molecular flexibility index (Phi) is 8.13. The topological polar surface area (TPSA) is 53.0 Å². The Morgan fingerprint density at radius 2 is 1.79 bits per heavy atom. The lowest BCUT2D eigenvalue weighted by Crippen LogP contribution is -2.56. The molecule has 0 spiro atoms. The molecule has 1 aromatic rings. The van der Waals surface area contributed by atoms with E-state index in [0.29, 0.717) is 12.8 Å². The number of anilines is 1. The van der Waals surface area contributed by atoms with Crippen molar-refractivity contribution < 1.29 is 27.5 Å². The predicted molar refractivity (Wildman–Crippen MR) is 128 cm³/mol. The fourth-order valence-corrected chi connectivity index (χ4v) is 4.65. The fourth-order valence-electron chi connectivity index (χ4n) is 3.73. The van der Waals surface area contributed by atoms with Crippen LogP contribution >= 0.6 is 11.6 Å². The van der Waals surface area contributed by atoms with Crippen LogP contribution in [0.3, 0.4) is 0 Å². The molecule has 0 saturated carbocycles. The van der Waals surface area contributed by atoms with Gasteiger partial charge in [-0.15, -0.1) is 0 Å². The van der Waals surface area contributed by atoms with Crippen LogP contribution in [0, 0.1) is 0 Å². The Hall–Kier alpha value is -1.45. The van der Waals surface area contributed by atoms with Gasteiger partial charge in [0.05, 0.1) is 11.6 Å². The van der Waals surface area contributed by atoms with E-state index in [4.69, 9.17) is 16.3 Å². The third-order valence-electron chi connectivity index (χ3n) is 6.47. The second kappa shape index (κ2) is 9.66. The second-order valence-corrected chi connectivity index (χ2v) is 15.8. The number of benzene rings is 1. The van der Waals surface area contributed by atoms with E-state index in [1.54, 1.807) is 30.6 Å². The van der Waals surface area contributed by atoms with Crippen molar-refractivity contribution in [1.29, 1.82) is 0 Å². The van der Waals surface area contributed by atoms with Crippen molar-refractivity contribution in [3.63, 3.8) is 0 Å². The lowest BCUT2D eigenvalue weighted by molar-refractivity contribution is -0.137. The van der Waals surface area contributed by atoms with Crippen LogP contribution in [0.15, 0.2) is 18.2 Å². The largest absolute Gasteiger partial charge is 0.444 e. The summed E-state index contributed by atoms with van der Waals surface area (Å²) in [4.78, 5) is 26.9. The second-order valence-electron chi connectivity index (χ2n) is 10.9. The van der Waals surface area contributed by atoms with Crippen molar-refractivity contribution in [3.05, 3.63) is 28.8 Å². The quantitative estimate of drug-likeness (QED) is 0.459. The summed E-state index contributed by atoms with van der Waals surface area (Å²) in [5.74, 6) is 0. The minimum absolute atomic E-state index is 0.0203. The average molecular weight is 509 g/mol. The van der Waals surface area contributed by atoms with Gasteiger partial charge in [0, 0.05) is 30.3 Å². The summed E-state index contributed by atoms with van der Waals surface area (Å²) in [6.07, 6.45) is -3.85. The maximum Gasteiger partial charge on any atom is 0.418 e. The summed E-state index contributed by atoms with van der Waals surface area (Å²) in [7, 11) is -2.49. The highest BCUT2D eigenvalue weighted by Crippen LogP contribution is 2.42. The van der Waals surface area contributed by atoms with E-state index >= 15 is 0 Å². The van der Waals surface area contributed by atoms with Gasteiger partial charge in [-0.05, 0) is 69.9 Å². The van der Waals surface area contributed by atoms with Gasteiger partial charge < -0.3 is 19.3 Å². The van der Waals surface area contributed by atoms with Gasteiger partial charge in [0.25, 0.3) is 0 Å². The van der Waals surface area contributed by atoms with Crippen LogP contribution < -0.4 is 4.90 Å². The number of amides is 1. The van der Waals surface area contributed by atoms with Gasteiger partial charge >= 0.3 is 12.3 Å². The zero-order chi connectivity index (χ0) is 25.4. The number of halogens is 4. The van der Waals surface area contributed by atoms with Crippen LogP contribution in [-0.4, -0.2) is 55.4 Å². The van der Waals surface area contributed by atoms with Gasteiger partial charge in [0.15, 0.2) is 8.32 Å². The van der Waals surface area contributed by atoms with Gasteiger partial charge in [-0.25, -0.2) is 4.79 Å². The van der Waals surface area contributed by atoms with Crippen LogP contribution in [0.25, 0.3) is 0 Å². The number of alkyl halides is 3. The first-order valence-corrected chi connectivity index (χ1v) is 14.5. The molecule has 0 aromatic heterocycles. The molecule has 1 heterocycles. The van der Waals surface area contributed by atoms with E-state index in [2.05, 4.69) is 0 Å². The molecule has 1 fully saturated rings. The maximum absolute atomic E-state index is 13.7. The highest BCUT2D eigenvalue weighted by atomic mass is 35.5. The summed E-state index contributed by atoms with van der Waals surface area (Å²) < 4.78 is 46.7. The lowest BCUT2D eigenvalue weighted by Gasteiger charge is -2.45. The normalized spacial score (nSPS) is 18.5. The molecule has 1 aliphatic rings. The first-order chi connectivity index (χ1) is 14.8. The molecule has 1 unspecified atom stereocenters. The summed E-state index contributed by atoms with van der Waals surface area (Å²) >= 11 is 5.85. The minimum atomic E-state index is -4.55. The molecule has 1 atom stereocenters. The molecule has 1 saturated heterocycles. The molecule has 1 N–H and O–H groups in total. The molecular weight excluding hydrogens is 473 g/mol. The number of carbonyl (C=O) groups excluding carboxylic acids is 1. The van der Waals surface area contributed by atoms with Crippen molar-refractivity contribution in [2.75, 3.05) is 24.5 Å². The summed E-state index contributed by atoms with van der Waals surface area (Å²) in [5, 5.41) is -0.307. The van der Waals surface area contributed by atoms with Crippen molar-refractivity contribution in [2.24, 2.45) is 0 Å². The number of carbonyl (C=O) groups is 1. The smallest absolute Gasteiger partial charge is 0.418 e. The molecule has 1 amide bonds. The molecule has 33 heavy (non-hydrogen) atoms. The predicted octanol–water partition coefficient (Wildman–Crippen LogP) is 6.54. The van der Waals surface area contributed by atoms with Gasteiger partial charge in [-0.3, -0.25) is 0 Å². The molecule has 2 rings (SSSR count). The van der Waals surface area contributed by atoms with Gasteiger partial charge in [-0.1, -0.05) is 25.4 Å². The minimum Gasteiger partial charge on any atom is -0.444 e. The number of rotatable bonds is 5. The Morgan fingerprint density at radius 3 is 2.30 bits per heavy atom. The number of hydrogen-bond donors (Lipinski definition) is 1. The van der Waals surface area contributed by atoms with E-state index in [0.717, 1.165) is 6.07 Å². The number of ether oxygens (including phenoxy) is 1. The third kappa shape index (κ3) is 7.26. The van der Waals surface area contributed by atoms with Crippen LogP contribution in [0.4, 0.5) is 23.7 Å². The number of hydrogen-bond acceptors (Lipinski definition) is 4. The summed E-state index contributed by atoms with van der Waals surface area (Å²) in [6, 6.07) is 3.42. The number of nitrogens with zero attached hydrogens (tertiary/aromatic N) is 2. The maximum atomic E-state index is 13.7. The molecule has 5 nitrogen and oxygen atoms in total. The molecule has 10 heteroatoms. The van der Waals surface area contributed by atoms with Crippen LogP contribution in [0.2, 0.25) is 23.2 Å². The lowest BCUT2D eigenvalue weighted by atomic mass is 9.98. The standard InChI is InChI=1S/C23H36ClF3N2O3Si/c1-21(2,3)32-20(30)29-13-12-28(15-17(29)10-11-22(4,5)33(6,7)31)19-9-8-16(24)14-18(19)23(25,26)27/h8-9,14,17,31H,10-13,15H2,1-7H3. The van der Waals surface area contributed by atoms with E-state index in [1.165, 1.54) is 12.1 Å². The molecule has 0 aliphatic carbocycles. The molecule has 1 aromatic carbocycles. The molecule has 1 aliphatic heterocycles. The number of piperazine rings is 1. The molecular formula is C23H36ClF3N2O3Si. The van der Waals surface area contributed by atoms with Crippen molar-refractivity contribution >= 4 is 31.7 Å². The van der Waals surface area contributed by atoms with Crippen LogP contribution in [0.1, 0.15) is 53.0 Å². The van der Waals surface area contributed by atoms with Crippen molar-refractivity contribution in [1.82, 2.24) is 4.90 Å². The Labute approximate surface area is 201 Å². The molecule has 0 bridgehead atoms.